The number of benzene rings is 3. The van der Waals surface area contributed by atoms with Crippen LogP contribution in [0.15, 0.2) is 67.0 Å². The second-order valence-electron chi connectivity index (χ2n) is 10.5. The van der Waals surface area contributed by atoms with Gasteiger partial charge in [0.2, 0.25) is 5.91 Å². The van der Waals surface area contributed by atoms with E-state index in [1.54, 1.807) is 6.07 Å². The number of hydrogen-bond donors (Lipinski definition) is 3. The molecule has 232 valence electrons. The second-order valence-corrected chi connectivity index (χ2v) is 10.9. The number of carbonyl (C=O) groups is 3. The zero-order valence-corrected chi connectivity index (χ0v) is 25.2. The summed E-state index contributed by atoms with van der Waals surface area (Å²) in [6, 6.07) is 13.2. The van der Waals surface area contributed by atoms with E-state index in [9.17, 15) is 19.5 Å². The molecular weight excluding hydrogens is 603 g/mol. The molecular formula is C31H30ClFN8O4. The van der Waals surface area contributed by atoms with E-state index in [2.05, 4.69) is 31.1 Å². The molecule has 5 rings (SSSR count). The average molecular weight is 633 g/mol. The van der Waals surface area contributed by atoms with Crippen molar-refractivity contribution in [3.63, 3.8) is 0 Å². The Bertz CT molecular complexity index is 1750. The normalized spacial score (nSPS) is 14.4. The van der Waals surface area contributed by atoms with E-state index in [1.807, 2.05) is 26.2 Å². The van der Waals surface area contributed by atoms with Crippen molar-refractivity contribution in [3.8, 4) is 5.69 Å². The number of carboxylic acid groups (broad SMARTS) is 1. The molecule has 0 bridgehead atoms. The van der Waals surface area contributed by atoms with Crippen molar-refractivity contribution >= 4 is 46.8 Å². The summed E-state index contributed by atoms with van der Waals surface area (Å²) in [5.41, 5.74) is 3.11. The Kier molecular flexibility index (Phi) is 9.50. The summed E-state index contributed by atoms with van der Waals surface area (Å²) in [6.07, 6.45) is 4.24. The number of amides is 2. The Balaban J connectivity index is 1.48. The van der Waals surface area contributed by atoms with Gasteiger partial charge in [-0.05, 0) is 90.6 Å². The standard InChI is InChI=1S/C31H30ClFN8O4/c1-39(2)17-15-34-25-5-3-4-22-21(25)14-16-40(29(22)30(43)36-20-8-6-19(7-9-20)31(44)45)27(42)13-10-23-26(41-18-35-37-38-41)12-11-24(32)28(23)33/h3-13,18,29,34H,14-17H2,1-2H3,(H,36,43)(H,44,45)/b13-10+/t29-/m1/s1. The molecule has 2 amide bonds. The smallest absolute Gasteiger partial charge is 0.335 e. The fourth-order valence-electron chi connectivity index (χ4n) is 5.11. The highest BCUT2D eigenvalue weighted by Crippen LogP contribution is 2.35. The number of rotatable bonds is 10. The first-order chi connectivity index (χ1) is 21.6. The Labute approximate surface area is 263 Å². The largest absolute Gasteiger partial charge is 0.478 e. The third kappa shape index (κ3) is 7.00. The first-order valence-electron chi connectivity index (χ1n) is 14.0. The molecule has 0 saturated carbocycles. The van der Waals surface area contributed by atoms with E-state index < -0.39 is 29.6 Å². The molecule has 4 aromatic rings. The van der Waals surface area contributed by atoms with Crippen molar-refractivity contribution in [2.75, 3.05) is 44.4 Å². The summed E-state index contributed by atoms with van der Waals surface area (Å²) in [6.45, 7) is 1.68. The topological polar surface area (TPSA) is 146 Å². The number of nitrogens with one attached hydrogen (secondary N) is 2. The van der Waals surface area contributed by atoms with Crippen molar-refractivity contribution in [3.05, 3.63) is 100 Å². The van der Waals surface area contributed by atoms with Gasteiger partial charge in [-0.15, -0.1) is 5.10 Å². The fraction of sp³-hybridized carbons (Fsp3) is 0.226. The zero-order chi connectivity index (χ0) is 32.1. The van der Waals surface area contributed by atoms with E-state index in [0.717, 1.165) is 17.8 Å². The third-order valence-corrected chi connectivity index (χ3v) is 7.62. The Morgan fingerprint density at radius 2 is 1.91 bits per heavy atom. The van der Waals surface area contributed by atoms with Gasteiger partial charge >= 0.3 is 5.97 Å². The minimum absolute atomic E-state index is 0.00698. The van der Waals surface area contributed by atoms with Gasteiger partial charge < -0.3 is 25.5 Å². The lowest BCUT2D eigenvalue weighted by atomic mass is 9.90. The number of anilines is 2. The fourth-order valence-corrected chi connectivity index (χ4v) is 5.28. The minimum atomic E-state index is -1.09. The highest BCUT2D eigenvalue weighted by atomic mass is 35.5. The molecule has 0 spiro atoms. The molecule has 3 N–H and O–H groups in total. The average Bonchev–Trinajstić information content (AvgIpc) is 3.56. The van der Waals surface area contributed by atoms with E-state index in [-0.39, 0.29) is 28.4 Å². The summed E-state index contributed by atoms with van der Waals surface area (Å²) < 4.78 is 16.4. The maximum Gasteiger partial charge on any atom is 0.335 e. The summed E-state index contributed by atoms with van der Waals surface area (Å²) in [7, 11) is 3.95. The van der Waals surface area contributed by atoms with Gasteiger partial charge in [0.1, 0.15) is 12.4 Å². The van der Waals surface area contributed by atoms with Crippen molar-refractivity contribution < 1.29 is 23.9 Å². The second kappa shape index (κ2) is 13.7. The molecule has 1 aliphatic rings. The predicted octanol–water partition coefficient (Wildman–Crippen LogP) is 3.90. The maximum absolute atomic E-state index is 15.2. The summed E-state index contributed by atoms with van der Waals surface area (Å²) in [5.74, 6) is -2.87. The van der Waals surface area contributed by atoms with Crippen molar-refractivity contribution in [1.82, 2.24) is 30.0 Å². The number of likely N-dealkylation sites (N-methyl/N-ethyl adjacent to an activating group) is 1. The summed E-state index contributed by atoms with van der Waals surface area (Å²) in [4.78, 5) is 42.4. The van der Waals surface area contributed by atoms with Gasteiger partial charge in [0.25, 0.3) is 5.91 Å². The number of nitrogens with zero attached hydrogens (tertiary/aromatic N) is 6. The molecule has 2 heterocycles. The Morgan fingerprint density at radius 1 is 1.13 bits per heavy atom. The predicted molar refractivity (Wildman–Crippen MR) is 167 cm³/mol. The number of fused-ring (bicyclic) bond motifs is 1. The number of tetrazole rings is 1. The van der Waals surface area contributed by atoms with Gasteiger partial charge in [-0.1, -0.05) is 23.7 Å². The first-order valence-corrected chi connectivity index (χ1v) is 14.4. The quantitative estimate of drug-likeness (QED) is 0.222. The lowest BCUT2D eigenvalue weighted by Gasteiger charge is -2.36. The number of aromatic nitrogens is 4. The molecule has 1 aromatic heterocycles. The minimum Gasteiger partial charge on any atom is -0.478 e. The highest BCUT2D eigenvalue weighted by Gasteiger charge is 2.36. The van der Waals surface area contributed by atoms with Gasteiger partial charge in [-0.25, -0.2) is 9.18 Å². The molecule has 0 saturated heterocycles. The van der Waals surface area contributed by atoms with E-state index >= 15 is 4.39 Å². The molecule has 14 heteroatoms. The number of hydrogen-bond acceptors (Lipinski definition) is 8. The van der Waals surface area contributed by atoms with Crippen LogP contribution in [-0.4, -0.2) is 86.6 Å². The van der Waals surface area contributed by atoms with Crippen LogP contribution in [-0.2, 0) is 16.0 Å². The van der Waals surface area contributed by atoms with E-state index in [0.29, 0.717) is 24.2 Å². The number of carbonyl (C=O) groups excluding carboxylic acids is 2. The molecule has 0 radical (unpaired) electrons. The lowest BCUT2D eigenvalue weighted by molar-refractivity contribution is -0.135. The van der Waals surface area contributed by atoms with Gasteiger partial charge in [0.15, 0.2) is 5.82 Å². The van der Waals surface area contributed by atoms with Crippen LogP contribution >= 0.6 is 11.6 Å². The van der Waals surface area contributed by atoms with Gasteiger partial charge in [0.05, 0.1) is 16.3 Å². The molecule has 45 heavy (non-hydrogen) atoms. The van der Waals surface area contributed by atoms with Crippen molar-refractivity contribution in [2.24, 2.45) is 0 Å². The maximum atomic E-state index is 15.2. The number of aromatic carboxylic acids is 1. The number of carboxylic acids is 1. The van der Waals surface area contributed by atoms with Crippen LogP contribution in [0, 0.1) is 5.82 Å². The molecule has 0 aliphatic carbocycles. The molecule has 12 nitrogen and oxygen atoms in total. The van der Waals surface area contributed by atoms with Gasteiger partial charge in [-0.2, -0.15) is 4.68 Å². The van der Waals surface area contributed by atoms with Gasteiger partial charge in [-0.3, -0.25) is 9.59 Å². The third-order valence-electron chi connectivity index (χ3n) is 7.32. The van der Waals surface area contributed by atoms with Gasteiger partial charge in [0, 0.05) is 42.6 Å². The van der Waals surface area contributed by atoms with Crippen LogP contribution in [0.5, 0.6) is 0 Å². The van der Waals surface area contributed by atoms with Crippen molar-refractivity contribution in [1.29, 1.82) is 0 Å². The SMILES string of the molecule is CN(C)CCNc1cccc2c1CCN(C(=O)/C=C/c1c(-n3cnnn3)ccc(Cl)c1F)[C@H]2C(=O)Nc1ccc(C(=O)O)cc1. The molecule has 0 fully saturated rings. The van der Waals surface area contributed by atoms with E-state index in [4.69, 9.17) is 11.6 Å². The molecule has 1 atom stereocenters. The van der Waals surface area contributed by atoms with Crippen LogP contribution < -0.4 is 10.6 Å². The first kappa shape index (κ1) is 31.3. The lowest BCUT2D eigenvalue weighted by Crippen LogP contribution is -2.45. The van der Waals surface area contributed by atoms with Crippen LogP contribution in [0.25, 0.3) is 11.8 Å². The van der Waals surface area contributed by atoms with Crippen LogP contribution in [0.1, 0.15) is 33.1 Å². The zero-order valence-electron chi connectivity index (χ0n) is 24.4. The molecule has 0 unspecified atom stereocenters. The Hall–Kier alpha value is -5.14. The summed E-state index contributed by atoms with van der Waals surface area (Å²) >= 11 is 6.05. The summed E-state index contributed by atoms with van der Waals surface area (Å²) in [5, 5.41) is 26.3. The van der Waals surface area contributed by atoms with E-state index in [1.165, 1.54) is 64.5 Å². The highest BCUT2D eigenvalue weighted by molar-refractivity contribution is 6.31. The number of halogens is 2. The van der Waals surface area contributed by atoms with Crippen LogP contribution in [0.2, 0.25) is 5.02 Å². The van der Waals surface area contributed by atoms with Crippen LogP contribution in [0.4, 0.5) is 15.8 Å². The van der Waals surface area contributed by atoms with Crippen molar-refractivity contribution in [2.45, 2.75) is 12.5 Å². The van der Waals surface area contributed by atoms with Crippen LogP contribution in [0.3, 0.4) is 0 Å². The molecule has 3 aromatic carbocycles. The Morgan fingerprint density at radius 3 is 2.60 bits per heavy atom. The monoisotopic (exact) mass is 632 g/mol. The molecule has 1 aliphatic heterocycles.